The lowest BCUT2D eigenvalue weighted by molar-refractivity contribution is -0.384. The van der Waals surface area contributed by atoms with Crippen molar-refractivity contribution < 1.29 is 13.8 Å². The van der Waals surface area contributed by atoms with Crippen LogP contribution in [0.2, 0.25) is 0 Å². The lowest BCUT2D eigenvalue weighted by Crippen LogP contribution is -1.90. The molecule has 0 N–H and O–H groups in total. The summed E-state index contributed by atoms with van der Waals surface area (Å²) in [5.41, 5.74) is 1.93. The van der Waals surface area contributed by atoms with Crippen LogP contribution in [0.25, 0.3) is 34.6 Å². The van der Waals surface area contributed by atoms with Crippen LogP contribution in [0.3, 0.4) is 0 Å². The molecule has 0 spiro atoms. The van der Waals surface area contributed by atoms with Crippen LogP contribution in [0.5, 0.6) is 0 Å². The maximum Gasteiger partial charge on any atom is 0.280 e. The quantitative estimate of drug-likeness (QED) is 0.380. The molecule has 0 unspecified atom stereocenters. The number of hydrogen-bond donors (Lipinski definition) is 0. The van der Waals surface area contributed by atoms with Gasteiger partial charge in [-0.3, -0.25) is 10.1 Å². The number of oxazole rings is 1. The van der Waals surface area contributed by atoms with Gasteiger partial charge < -0.3 is 8.83 Å². The van der Waals surface area contributed by atoms with E-state index in [0.29, 0.717) is 28.6 Å². The highest BCUT2D eigenvalue weighted by atomic mass is 16.6. The van der Waals surface area contributed by atoms with Gasteiger partial charge in [-0.2, -0.15) is 0 Å². The van der Waals surface area contributed by atoms with Crippen LogP contribution in [0.1, 0.15) is 11.7 Å². The van der Waals surface area contributed by atoms with Gasteiger partial charge in [-0.05, 0) is 36.4 Å². The van der Waals surface area contributed by atoms with Crippen LogP contribution in [0.4, 0.5) is 5.69 Å². The van der Waals surface area contributed by atoms with Gasteiger partial charge in [-0.1, -0.05) is 24.3 Å². The van der Waals surface area contributed by atoms with E-state index in [4.69, 9.17) is 8.83 Å². The monoisotopic (exact) mass is 332 g/mol. The molecule has 2 aromatic carbocycles. The van der Waals surface area contributed by atoms with Crippen LogP contribution in [0.15, 0.2) is 69.5 Å². The largest absolute Gasteiger partial charge is 0.456 e. The second-order valence-corrected chi connectivity index (χ2v) is 5.33. The number of aromatic nitrogens is 1. The Labute approximate surface area is 142 Å². The van der Waals surface area contributed by atoms with Crippen molar-refractivity contribution in [1.82, 2.24) is 4.98 Å². The summed E-state index contributed by atoms with van der Waals surface area (Å²) in [4.78, 5) is 15.0. The number of nitro groups is 1. The van der Waals surface area contributed by atoms with E-state index in [-0.39, 0.29) is 5.69 Å². The fraction of sp³-hybridized carbons (Fsp3) is 0. The third-order valence-electron chi connectivity index (χ3n) is 3.69. The van der Waals surface area contributed by atoms with Gasteiger partial charge in [0.05, 0.1) is 10.5 Å². The molecule has 0 aliphatic rings. The maximum atomic E-state index is 11.1. The highest BCUT2D eigenvalue weighted by Gasteiger charge is 2.16. The lowest BCUT2D eigenvalue weighted by atomic mass is 10.1. The summed E-state index contributed by atoms with van der Waals surface area (Å²) in [6.45, 7) is 0. The standard InChI is InChI=1S/C19H12N2O4/c22-21(23)16-7-3-1-5-14(16)17-11-9-13(24-17)10-12-19-20-15-6-2-4-8-18(15)25-19/h1-12H/b12-10+. The van der Waals surface area contributed by atoms with Crippen molar-refractivity contribution in [2.24, 2.45) is 0 Å². The number of nitro benzene ring substituents is 1. The van der Waals surface area contributed by atoms with Gasteiger partial charge in [0, 0.05) is 12.1 Å². The van der Waals surface area contributed by atoms with Crippen molar-refractivity contribution in [3.05, 3.63) is 82.4 Å². The number of fused-ring (bicyclic) bond motifs is 1. The summed E-state index contributed by atoms with van der Waals surface area (Å²) < 4.78 is 11.3. The molecule has 25 heavy (non-hydrogen) atoms. The van der Waals surface area contributed by atoms with E-state index in [1.807, 2.05) is 24.3 Å². The van der Waals surface area contributed by atoms with E-state index in [9.17, 15) is 10.1 Å². The lowest BCUT2D eigenvalue weighted by Gasteiger charge is -1.98. The molecule has 0 aliphatic heterocycles. The Bertz CT molecular complexity index is 1060. The Balaban J connectivity index is 1.62. The summed E-state index contributed by atoms with van der Waals surface area (Å²) in [6, 6.07) is 17.4. The molecule has 0 radical (unpaired) electrons. The molecular weight excluding hydrogens is 320 g/mol. The van der Waals surface area contributed by atoms with Gasteiger partial charge in [-0.15, -0.1) is 0 Å². The summed E-state index contributed by atoms with van der Waals surface area (Å²) in [7, 11) is 0. The molecule has 2 heterocycles. The first-order chi connectivity index (χ1) is 12.2. The van der Waals surface area contributed by atoms with Gasteiger partial charge in [0.25, 0.3) is 5.69 Å². The summed E-state index contributed by atoms with van der Waals surface area (Å²) in [5.74, 6) is 1.45. The predicted octanol–water partition coefficient (Wildman–Crippen LogP) is 5.17. The number of rotatable bonds is 4. The number of hydrogen-bond acceptors (Lipinski definition) is 5. The molecule has 4 rings (SSSR count). The van der Waals surface area contributed by atoms with Crippen molar-refractivity contribution in [2.45, 2.75) is 0 Å². The van der Waals surface area contributed by atoms with Gasteiger partial charge in [0.15, 0.2) is 5.58 Å². The Morgan fingerprint density at radius 2 is 1.72 bits per heavy atom. The highest BCUT2D eigenvalue weighted by Crippen LogP contribution is 2.31. The minimum atomic E-state index is -0.425. The first-order valence-corrected chi connectivity index (χ1v) is 7.58. The van der Waals surface area contributed by atoms with E-state index in [1.54, 1.807) is 42.5 Å². The Morgan fingerprint density at radius 1 is 0.920 bits per heavy atom. The molecule has 2 aromatic heterocycles. The van der Waals surface area contributed by atoms with Gasteiger partial charge >= 0.3 is 0 Å². The molecule has 4 aromatic rings. The number of para-hydroxylation sites is 3. The van der Waals surface area contributed by atoms with E-state index in [2.05, 4.69) is 4.98 Å². The topological polar surface area (TPSA) is 82.3 Å². The molecule has 0 fully saturated rings. The molecule has 0 aliphatic carbocycles. The van der Waals surface area contributed by atoms with Crippen LogP contribution in [0, 0.1) is 10.1 Å². The first-order valence-electron chi connectivity index (χ1n) is 7.58. The van der Waals surface area contributed by atoms with Crippen LogP contribution >= 0.6 is 0 Å². The second kappa shape index (κ2) is 6.09. The van der Waals surface area contributed by atoms with Crippen LogP contribution in [-0.2, 0) is 0 Å². The SMILES string of the molecule is O=[N+]([O-])c1ccccc1-c1ccc(/C=C/c2nc3ccccc3o2)o1. The van der Waals surface area contributed by atoms with E-state index >= 15 is 0 Å². The van der Waals surface area contributed by atoms with Gasteiger partial charge in [0.1, 0.15) is 17.0 Å². The molecule has 0 amide bonds. The average Bonchev–Trinajstić information content (AvgIpc) is 3.26. The Kier molecular flexibility index (Phi) is 3.63. The fourth-order valence-electron chi connectivity index (χ4n) is 2.54. The van der Waals surface area contributed by atoms with Crippen molar-refractivity contribution in [1.29, 1.82) is 0 Å². The number of benzene rings is 2. The smallest absolute Gasteiger partial charge is 0.280 e. The molecule has 0 atom stereocenters. The molecule has 6 nitrogen and oxygen atoms in total. The second-order valence-electron chi connectivity index (χ2n) is 5.33. The zero-order valence-electron chi connectivity index (χ0n) is 13.0. The normalized spacial score (nSPS) is 11.4. The minimum Gasteiger partial charge on any atom is -0.456 e. The minimum absolute atomic E-state index is 0.00586. The van der Waals surface area contributed by atoms with Crippen molar-refractivity contribution >= 4 is 28.9 Å². The van der Waals surface area contributed by atoms with Crippen molar-refractivity contribution in [3.8, 4) is 11.3 Å². The third kappa shape index (κ3) is 2.92. The zero-order valence-corrected chi connectivity index (χ0v) is 13.0. The van der Waals surface area contributed by atoms with Gasteiger partial charge in [0.2, 0.25) is 5.89 Å². The van der Waals surface area contributed by atoms with Crippen molar-refractivity contribution in [3.63, 3.8) is 0 Å². The maximum absolute atomic E-state index is 11.1. The van der Waals surface area contributed by atoms with Crippen LogP contribution in [-0.4, -0.2) is 9.91 Å². The molecule has 0 saturated heterocycles. The molecule has 122 valence electrons. The zero-order chi connectivity index (χ0) is 17.2. The van der Waals surface area contributed by atoms with Gasteiger partial charge in [-0.25, -0.2) is 4.98 Å². The van der Waals surface area contributed by atoms with E-state index < -0.39 is 4.92 Å². The van der Waals surface area contributed by atoms with Crippen LogP contribution < -0.4 is 0 Å². The predicted molar refractivity (Wildman–Crippen MR) is 93.7 cm³/mol. The fourth-order valence-corrected chi connectivity index (χ4v) is 2.54. The number of furan rings is 1. The summed E-state index contributed by atoms with van der Waals surface area (Å²) >= 11 is 0. The summed E-state index contributed by atoms with van der Waals surface area (Å²) in [6.07, 6.45) is 3.41. The Hall–Kier alpha value is -3.67. The first kappa shape index (κ1) is 14.9. The molecule has 0 bridgehead atoms. The third-order valence-corrected chi connectivity index (χ3v) is 3.69. The average molecular weight is 332 g/mol. The molecule has 0 saturated carbocycles. The molecule has 6 heteroatoms. The highest BCUT2D eigenvalue weighted by molar-refractivity contribution is 5.76. The number of nitrogens with zero attached hydrogens (tertiary/aromatic N) is 2. The Morgan fingerprint density at radius 3 is 2.56 bits per heavy atom. The molecular formula is C19H12N2O4. The van der Waals surface area contributed by atoms with Crippen molar-refractivity contribution in [2.75, 3.05) is 0 Å². The van der Waals surface area contributed by atoms with E-state index in [1.165, 1.54) is 6.07 Å². The summed E-state index contributed by atoms with van der Waals surface area (Å²) in [5, 5.41) is 11.1. The van der Waals surface area contributed by atoms with E-state index in [0.717, 1.165) is 5.52 Å².